The summed E-state index contributed by atoms with van der Waals surface area (Å²) in [6.45, 7) is 5.56. The van der Waals surface area contributed by atoms with Gasteiger partial charge in [-0.1, -0.05) is 0 Å². The summed E-state index contributed by atoms with van der Waals surface area (Å²) in [5, 5.41) is 14.0. The van der Waals surface area contributed by atoms with Gasteiger partial charge in [0.25, 0.3) is 5.91 Å². The zero-order chi connectivity index (χ0) is 19.3. The first-order valence-corrected chi connectivity index (χ1v) is 7.83. The van der Waals surface area contributed by atoms with Crippen LogP contribution in [-0.2, 0) is 17.8 Å². The number of aromatic amines is 2. The molecule has 0 aromatic carbocycles. The van der Waals surface area contributed by atoms with Crippen molar-refractivity contribution in [3.05, 3.63) is 41.2 Å². The summed E-state index contributed by atoms with van der Waals surface area (Å²) in [4.78, 5) is 43.8. The minimum absolute atomic E-state index is 0.0442. The number of alkyl carbamates (subject to hydrolysis) is 1. The van der Waals surface area contributed by atoms with Crippen LogP contribution in [0.2, 0.25) is 0 Å². The predicted octanol–water partition coefficient (Wildman–Crippen LogP) is 1.39. The van der Waals surface area contributed by atoms with Crippen molar-refractivity contribution in [2.45, 2.75) is 39.5 Å². The van der Waals surface area contributed by atoms with E-state index in [0.717, 1.165) is 0 Å². The third kappa shape index (κ3) is 5.65. The Kier molecular flexibility index (Phi) is 5.65. The maximum absolute atomic E-state index is 12.1. The van der Waals surface area contributed by atoms with Crippen LogP contribution in [-0.4, -0.2) is 43.6 Å². The highest BCUT2D eigenvalue weighted by Gasteiger charge is 2.16. The maximum Gasteiger partial charge on any atom is 0.407 e. The van der Waals surface area contributed by atoms with Gasteiger partial charge >= 0.3 is 12.1 Å². The fraction of sp³-hybridized carbons (Fsp3) is 0.375. The molecule has 140 valence electrons. The quantitative estimate of drug-likeness (QED) is 0.523. The van der Waals surface area contributed by atoms with Crippen LogP contribution < -0.4 is 10.6 Å². The lowest BCUT2D eigenvalue weighted by Crippen LogP contribution is -2.32. The highest BCUT2D eigenvalue weighted by molar-refractivity contribution is 5.90. The van der Waals surface area contributed by atoms with Crippen molar-refractivity contribution in [1.29, 1.82) is 0 Å². The van der Waals surface area contributed by atoms with E-state index in [9.17, 15) is 14.4 Å². The molecule has 2 amide bonds. The third-order valence-electron chi connectivity index (χ3n) is 3.09. The second kappa shape index (κ2) is 7.72. The normalized spacial score (nSPS) is 11.0. The summed E-state index contributed by atoms with van der Waals surface area (Å²) < 4.78 is 5.11. The minimum Gasteiger partial charge on any atom is -0.477 e. The van der Waals surface area contributed by atoms with Crippen molar-refractivity contribution >= 4 is 18.0 Å². The molecule has 5 N–H and O–H groups in total. The number of hydrogen-bond acceptors (Lipinski definition) is 5. The topological polar surface area (TPSA) is 149 Å². The molecule has 0 unspecified atom stereocenters. The summed E-state index contributed by atoms with van der Waals surface area (Å²) in [5.41, 5.74) is 0.606. The van der Waals surface area contributed by atoms with Gasteiger partial charge in [0.05, 0.1) is 18.4 Å². The van der Waals surface area contributed by atoms with Gasteiger partial charge in [0.2, 0.25) is 0 Å². The molecule has 0 saturated carbocycles. The van der Waals surface area contributed by atoms with Gasteiger partial charge < -0.3 is 30.4 Å². The first kappa shape index (κ1) is 19.0. The standard InChI is InChI=1S/C16H21N5O5/c1-16(2,3)26-15(25)20-8-10-7-18-12(21-10)13(22)19-6-9-4-11(14(23)24)17-5-9/h4-5,7,17H,6,8H2,1-3H3,(H,18,21)(H,19,22)(H,20,25)(H,23,24). The number of amides is 2. The van der Waals surface area contributed by atoms with Crippen LogP contribution in [0.5, 0.6) is 0 Å². The molecule has 2 aromatic heterocycles. The molecule has 2 rings (SSSR count). The Morgan fingerprint density at radius 3 is 2.58 bits per heavy atom. The number of hydrogen-bond donors (Lipinski definition) is 5. The van der Waals surface area contributed by atoms with Gasteiger partial charge in [0, 0.05) is 12.7 Å². The van der Waals surface area contributed by atoms with E-state index in [1.165, 1.54) is 18.5 Å². The van der Waals surface area contributed by atoms with E-state index >= 15 is 0 Å². The van der Waals surface area contributed by atoms with Gasteiger partial charge in [0.15, 0.2) is 5.82 Å². The number of H-pyrrole nitrogens is 2. The summed E-state index contributed by atoms with van der Waals surface area (Å²) in [5.74, 6) is -1.44. The number of ether oxygens (including phenoxy) is 1. The van der Waals surface area contributed by atoms with Crippen LogP contribution in [0, 0.1) is 0 Å². The summed E-state index contributed by atoms with van der Waals surface area (Å²) >= 11 is 0. The van der Waals surface area contributed by atoms with Crippen molar-refractivity contribution in [3.63, 3.8) is 0 Å². The first-order chi connectivity index (χ1) is 12.1. The van der Waals surface area contributed by atoms with Gasteiger partial charge in [-0.05, 0) is 32.4 Å². The Balaban J connectivity index is 1.83. The smallest absolute Gasteiger partial charge is 0.407 e. The maximum atomic E-state index is 12.1. The third-order valence-corrected chi connectivity index (χ3v) is 3.09. The molecule has 0 spiro atoms. The molecule has 0 aliphatic heterocycles. The van der Waals surface area contributed by atoms with Crippen LogP contribution in [0.1, 0.15) is 53.1 Å². The number of carboxylic acid groups (broad SMARTS) is 1. The van der Waals surface area contributed by atoms with E-state index in [2.05, 4.69) is 25.6 Å². The van der Waals surface area contributed by atoms with Crippen molar-refractivity contribution in [2.75, 3.05) is 0 Å². The van der Waals surface area contributed by atoms with E-state index in [-0.39, 0.29) is 24.6 Å². The monoisotopic (exact) mass is 363 g/mol. The Morgan fingerprint density at radius 1 is 1.23 bits per heavy atom. The Hall–Kier alpha value is -3.30. The van der Waals surface area contributed by atoms with Gasteiger partial charge in [-0.2, -0.15) is 0 Å². The van der Waals surface area contributed by atoms with E-state index < -0.39 is 23.6 Å². The SMILES string of the molecule is CC(C)(C)OC(=O)NCc1cnc(C(=O)NCc2c[nH]c(C(=O)O)c2)[nH]1. The number of imidazole rings is 1. The highest BCUT2D eigenvalue weighted by atomic mass is 16.6. The molecular weight excluding hydrogens is 342 g/mol. The number of nitrogens with one attached hydrogen (secondary N) is 4. The molecule has 0 atom stereocenters. The molecule has 0 aliphatic carbocycles. The molecule has 0 saturated heterocycles. The Labute approximate surface area is 149 Å². The molecule has 10 nitrogen and oxygen atoms in total. The average Bonchev–Trinajstić information content (AvgIpc) is 3.18. The van der Waals surface area contributed by atoms with Crippen molar-refractivity contribution in [3.8, 4) is 0 Å². The number of aromatic nitrogens is 3. The zero-order valence-electron chi connectivity index (χ0n) is 14.7. The molecule has 0 fully saturated rings. The van der Waals surface area contributed by atoms with E-state index in [1.54, 1.807) is 20.8 Å². The predicted molar refractivity (Wildman–Crippen MR) is 90.6 cm³/mol. The van der Waals surface area contributed by atoms with Crippen LogP contribution >= 0.6 is 0 Å². The number of carbonyl (C=O) groups is 3. The fourth-order valence-corrected chi connectivity index (χ4v) is 1.98. The van der Waals surface area contributed by atoms with Gasteiger partial charge in [-0.3, -0.25) is 4.79 Å². The molecule has 0 bridgehead atoms. The molecule has 0 aliphatic rings. The first-order valence-electron chi connectivity index (χ1n) is 7.83. The summed E-state index contributed by atoms with van der Waals surface area (Å²) in [6, 6.07) is 1.43. The van der Waals surface area contributed by atoms with Crippen molar-refractivity contribution in [2.24, 2.45) is 0 Å². The van der Waals surface area contributed by atoms with Crippen LogP contribution in [0.15, 0.2) is 18.5 Å². The largest absolute Gasteiger partial charge is 0.477 e. The Bertz CT molecular complexity index is 802. The van der Waals surface area contributed by atoms with Crippen LogP contribution in [0.4, 0.5) is 4.79 Å². The number of aromatic carboxylic acids is 1. The second-order valence-corrected chi connectivity index (χ2v) is 6.52. The number of nitrogens with zero attached hydrogens (tertiary/aromatic N) is 1. The van der Waals surface area contributed by atoms with Gasteiger partial charge in [0.1, 0.15) is 11.3 Å². The molecule has 26 heavy (non-hydrogen) atoms. The summed E-state index contributed by atoms with van der Waals surface area (Å²) in [6.07, 6.45) is 2.37. The zero-order valence-corrected chi connectivity index (χ0v) is 14.7. The van der Waals surface area contributed by atoms with E-state index in [1.807, 2.05) is 0 Å². The molecular formula is C16H21N5O5. The van der Waals surface area contributed by atoms with Crippen LogP contribution in [0.25, 0.3) is 0 Å². The minimum atomic E-state index is -1.07. The van der Waals surface area contributed by atoms with Crippen molar-refractivity contribution in [1.82, 2.24) is 25.6 Å². The molecule has 2 heterocycles. The number of rotatable bonds is 6. The second-order valence-electron chi connectivity index (χ2n) is 6.52. The number of carboxylic acids is 1. The lowest BCUT2D eigenvalue weighted by molar-refractivity contribution is 0.0522. The van der Waals surface area contributed by atoms with Crippen molar-refractivity contribution < 1.29 is 24.2 Å². The van der Waals surface area contributed by atoms with E-state index in [4.69, 9.17) is 9.84 Å². The molecule has 10 heteroatoms. The van der Waals surface area contributed by atoms with Gasteiger partial charge in [-0.25, -0.2) is 14.6 Å². The van der Waals surface area contributed by atoms with Gasteiger partial charge in [-0.15, -0.1) is 0 Å². The van der Waals surface area contributed by atoms with Crippen LogP contribution in [0.3, 0.4) is 0 Å². The lowest BCUT2D eigenvalue weighted by atomic mass is 10.2. The highest BCUT2D eigenvalue weighted by Crippen LogP contribution is 2.07. The fourth-order valence-electron chi connectivity index (χ4n) is 1.98. The average molecular weight is 363 g/mol. The van der Waals surface area contributed by atoms with E-state index in [0.29, 0.717) is 11.3 Å². The molecule has 2 aromatic rings. The lowest BCUT2D eigenvalue weighted by Gasteiger charge is -2.19. The molecule has 0 radical (unpaired) electrons. The summed E-state index contributed by atoms with van der Waals surface area (Å²) in [7, 11) is 0. The number of carbonyl (C=O) groups excluding carboxylic acids is 2. The Morgan fingerprint density at radius 2 is 1.96 bits per heavy atom.